The quantitative estimate of drug-likeness (QED) is 0.342. The Morgan fingerprint density at radius 3 is 2.28 bits per heavy atom. The van der Waals surface area contributed by atoms with Crippen LogP contribution >= 0.6 is 0 Å². The summed E-state index contributed by atoms with van der Waals surface area (Å²) < 4.78 is 0. The molecule has 1 aliphatic carbocycles. The molecule has 0 fully saturated rings. The Balaban J connectivity index is 1.50. The van der Waals surface area contributed by atoms with Gasteiger partial charge in [-0.3, -0.25) is 14.8 Å². The van der Waals surface area contributed by atoms with Crippen molar-refractivity contribution in [3.05, 3.63) is 95.6 Å². The largest absolute Gasteiger partial charge is 0.390 e. The molecule has 4 N–H and O–H groups in total. The maximum absolute atomic E-state index is 13.1. The molecule has 3 atom stereocenters. The number of aliphatic hydroxyl groups excluding tert-OH is 1. The van der Waals surface area contributed by atoms with Crippen molar-refractivity contribution in [1.29, 1.82) is 0 Å². The van der Waals surface area contributed by atoms with Gasteiger partial charge in [-0.2, -0.15) is 0 Å². The molecular formula is C26H26N2O4. The molecule has 0 radical (unpaired) electrons. The third-order valence-electron chi connectivity index (χ3n) is 5.97. The van der Waals surface area contributed by atoms with E-state index in [9.17, 15) is 14.7 Å². The number of rotatable bonds is 7. The lowest BCUT2D eigenvalue weighted by Crippen LogP contribution is -2.40. The number of fused-ring (bicyclic) bond motifs is 1. The Hall–Kier alpha value is -3.48. The molecular weight excluding hydrogens is 404 g/mol. The van der Waals surface area contributed by atoms with Gasteiger partial charge < -0.3 is 10.4 Å². The van der Waals surface area contributed by atoms with E-state index in [1.54, 1.807) is 5.48 Å². The molecule has 164 valence electrons. The van der Waals surface area contributed by atoms with Crippen molar-refractivity contribution in [2.45, 2.75) is 31.4 Å². The lowest BCUT2D eigenvalue weighted by Gasteiger charge is -2.22. The first-order valence-electron chi connectivity index (χ1n) is 10.7. The minimum atomic E-state index is -0.714. The molecule has 32 heavy (non-hydrogen) atoms. The van der Waals surface area contributed by atoms with Crippen LogP contribution in [0.25, 0.3) is 11.1 Å². The summed E-state index contributed by atoms with van der Waals surface area (Å²) in [5.41, 5.74) is 6.59. The average molecular weight is 431 g/mol. The molecule has 0 aromatic heterocycles. The van der Waals surface area contributed by atoms with Crippen molar-refractivity contribution in [3.63, 3.8) is 0 Å². The molecule has 0 saturated heterocycles. The number of carbonyl (C=O) groups excluding carboxylic acids is 2. The second kappa shape index (κ2) is 9.77. The molecule has 6 nitrogen and oxygen atoms in total. The average Bonchev–Trinajstić information content (AvgIpc) is 3.14. The van der Waals surface area contributed by atoms with E-state index in [1.807, 2.05) is 78.9 Å². The Morgan fingerprint density at radius 1 is 0.906 bits per heavy atom. The van der Waals surface area contributed by atoms with Crippen LogP contribution in [-0.4, -0.2) is 28.2 Å². The number of nitrogens with one attached hydrogen (secondary N) is 2. The third-order valence-corrected chi connectivity index (χ3v) is 5.97. The second-order valence-corrected chi connectivity index (χ2v) is 8.16. The lowest BCUT2D eigenvalue weighted by molar-refractivity contribution is -0.135. The molecule has 0 spiro atoms. The van der Waals surface area contributed by atoms with Crippen molar-refractivity contribution < 1.29 is 19.9 Å². The van der Waals surface area contributed by atoms with E-state index in [0.29, 0.717) is 12.8 Å². The van der Waals surface area contributed by atoms with Crippen LogP contribution in [0.4, 0.5) is 0 Å². The standard InChI is InChI=1S/C26H26N2O4/c29-23-15-20-8-4-5-9-22(20)25(23)27-26(31)21(16-24(30)28-32)14-17-10-12-19(13-11-17)18-6-2-1-3-7-18/h1-13,21,23,25,29,32H,14-16H2,(H,27,31)(H,28,30). The highest BCUT2D eigenvalue weighted by atomic mass is 16.5. The normalized spacial score (nSPS) is 17.9. The number of hydrogen-bond acceptors (Lipinski definition) is 4. The molecule has 0 aliphatic heterocycles. The van der Waals surface area contributed by atoms with Gasteiger partial charge in [-0.15, -0.1) is 0 Å². The fourth-order valence-electron chi connectivity index (χ4n) is 4.29. The Labute approximate surface area is 186 Å². The van der Waals surface area contributed by atoms with Crippen molar-refractivity contribution in [2.24, 2.45) is 5.92 Å². The molecule has 3 unspecified atom stereocenters. The summed E-state index contributed by atoms with van der Waals surface area (Å²) >= 11 is 0. The fourth-order valence-corrected chi connectivity index (χ4v) is 4.29. The minimum Gasteiger partial charge on any atom is -0.390 e. The first-order valence-corrected chi connectivity index (χ1v) is 10.7. The monoisotopic (exact) mass is 430 g/mol. The van der Waals surface area contributed by atoms with E-state index in [2.05, 4.69) is 5.32 Å². The maximum Gasteiger partial charge on any atom is 0.244 e. The summed E-state index contributed by atoms with van der Waals surface area (Å²) in [7, 11) is 0. The van der Waals surface area contributed by atoms with Crippen LogP contribution < -0.4 is 10.8 Å². The summed E-state index contributed by atoms with van der Waals surface area (Å²) in [5.74, 6) is -1.65. The zero-order chi connectivity index (χ0) is 22.5. The van der Waals surface area contributed by atoms with Crippen molar-refractivity contribution in [2.75, 3.05) is 0 Å². The van der Waals surface area contributed by atoms with E-state index in [0.717, 1.165) is 27.8 Å². The Bertz CT molecular complexity index is 1080. The van der Waals surface area contributed by atoms with Gasteiger partial charge in [0.1, 0.15) is 0 Å². The predicted octanol–water partition coefficient (Wildman–Crippen LogP) is 3.18. The molecule has 1 aliphatic rings. The molecule has 0 saturated carbocycles. The number of aliphatic hydroxyl groups is 1. The minimum absolute atomic E-state index is 0.159. The van der Waals surface area contributed by atoms with E-state index in [-0.39, 0.29) is 12.3 Å². The van der Waals surface area contributed by atoms with Crippen molar-refractivity contribution >= 4 is 11.8 Å². The van der Waals surface area contributed by atoms with Crippen LogP contribution in [0.3, 0.4) is 0 Å². The third kappa shape index (κ3) is 4.88. The zero-order valence-corrected chi connectivity index (χ0v) is 17.6. The number of carbonyl (C=O) groups is 2. The van der Waals surface area contributed by atoms with Crippen LogP contribution in [0.5, 0.6) is 0 Å². The number of benzene rings is 3. The van der Waals surface area contributed by atoms with Gasteiger partial charge in [-0.25, -0.2) is 5.48 Å². The van der Waals surface area contributed by atoms with E-state index >= 15 is 0 Å². The van der Waals surface area contributed by atoms with Gasteiger partial charge >= 0.3 is 0 Å². The van der Waals surface area contributed by atoms with Gasteiger partial charge in [0.25, 0.3) is 0 Å². The van der Waals surface area contributed by atoms with E-state index in [1.165, 1.54) is 0 Å². The Kier molecular flexibility index (Phi) is 6.63. The van der Waals surface area contributed by atoms with Crippen LogP contribution in [0.15, 0.2) is 78.9 Å². The van der Waals surface area contributed by atoms with Gasteiger partial charge in [-0.1, -0.05) is 78.9 Å². The Morgan fingerprint density at radius 2 is 1.56 bits per heavy atom. The first-order chi connectivity index (χ1) is 15.5. The van der Waals surface area contributed by atoms with Crippen LogP contribution in [0.1, 0.15) is 29.2 Å². The number of hydroxylamine groups is 1. The topological polar surface area (TPSA) is 98.7 Å². The zero-order valence-electron chi connectivity index (χ0n) is 17.6. The van der Waals surface area contributed by atoms with Gasteiger partial charge in [-0.05, 0) is 34.2 Å². The van der Waals surface area contributed by atoms with Crippen LogP contribution in [0, 0.1) is 5.92 Å². The highest BCUT2D eigenvalue weighted by Gasteiger charge is 2.34. The predicted molar refractivity (Wildman–Crippen MR) is 121 cm³/mol. The maximum atomic E-state index is 13.1. The lowest BCUT2D eigenvalue weighted by atomic mass is 9.93. The molecule has 6 heteroatoms. The van der Waals surface area contributed by atoms with Crippen LogP contribution in [0.2, 0.25) is 0 Å². The van der Waals surface area contributed by atoms with E-state index < -0.39 is 24.0 Å². The number of amides is 2. The highest BCUT2D eigenvalue weighted by molar-refractivity contribution is 5.86. The summed E-state index contributed by atoms with van der Waals surface area (Å²) in [4.78, 5) is 25.0. The number of hydrogen-bond donors (Lipinski definition) is 4. The summed E-state index contributed by atoms with van der Waals surface area (Å²) in [5, 5.41) is 22.4. The summed E-state index contributed by atoms with van der Waals surface area (Å²) in [6.07, 6.45) is -0.0654. The van der Waals surface area contributed by atoms with Gasteiger partial charge in [0.15, 0.2) is 0 Å². The van der Waals surface area contributed by atoms with Gasteiger partial charge in [0.2, 0.25) is 11.8 Å². The van der Waals surface area contributed by atoms with E-state index in [4.69, 9.17) is 5.21 Å². The molecule has 3 aromatic rings. The molecule has 2 amide bonds. The van der Waals surface area contributed by atoms with Crippen molar-refractivity contribution in [3.8, 4) is 11.1 Å². The SMILES string of the molecule is O=C(CC(Cc1ccc(-c2ccccc2)cc1)C(=O)NC1c2ccccc2CC1O)NO. The first kappa shape index (κ1) is 21.7. The van der Waals surface area contributed by atoms with Crippen LogP contribution in [-0.2, 0) is 22.4 Å². The summed E-state index contributed by atoms with van der Waals surface area (Å²) in [6.45, 7) is 0. The fraction of sp³-hybridized carbons (Fsp3) is 0.231. The van der Waals surface area contributed by atoms with Gasteiger partial charge in [0, 0.05) is 12.8 Å². The second-order valence-electron chi connectivity index (χ2n) is 8.16. The van der Waals surface area contributed by atoms with Gasteiger partial charge in [0.05, 0.1) is 18.1 Å². The smallest absolute Gasteiger partial charge is 0.244 e. The molecule has 0 heterocycles. The molecule has 4 rings (SSSR count). The highest BCUT2D eigenvalue weighted by Crippen LogP contribution is 2.32. The van der Waals surface area contributed by atoms with Crippen molar-refractivity contribution in [1.82, 2.24) is 10.8 Å². The molecule has 0 bridgehead atoms. The molecule has 3 aromatic carbocycles. The summed E-state index contributed by atoms with van der Waals surface area (Å²) in [6, 6.07) is 25.0.